The van der Waals surface area contributed by atoms with E-state index < -0.39 is 0 Å². The molecule has 0 atom stereocenters. The Balaban J connectivity index is 2.53. The highest BCUT2D eigenvalue weighted by atomic mass is 16.6. The molecule has 0 unspecified atom stereocenters. The molecule has 0 saturated heterocycles. The summed E-state index contributed by atoms with van der Waals surface area (Å²) in [5.74, 6) is 0. The molecule has 0 aliphatic rings. The van der Waals surface area contributed by atoms with Crippen molar-refractivity contribution in [2.45, 2.75) is 13.8 Å². The van der Waals surface area contributed by atoms with Crippen molar-refractivity contribution >= 4 is 11.4 Å². The van der Waals surface area contributed by atoms with E-state index in [1.54, 1.807) is 19.1 Å². The summed E-state index contributed by atoms with van der Waals surface area (Å²) in [5.41, 5.74) is 3.66. The first kappa shape index (κ1) is 13.1. The number of rotatable bonds is 4. The first-order valence-corrected chi connectivity index (χ1v) is 6.21. The van der Waals surface area contributed by atoms with Crippen molar-refractivity contribution in [2.24, 2.45) is 0 Å². The van der Waals surface area contributed by atoms with Crippen molar-refractivity contribution in [1.82, 2.24) is 0 Å². The number of nitro groups is 1. The van der Waals surface area contributed by atoms with Crippen LogP contribution in [0.3, 0.4) is 0 Å². The molecule has 0 aromatic heterocycles. The van der Waals surface area contributed by atoms with E-state index in [0.29, 0.717) is 5.56 Å². The molecule has 98 valence electrons. The van der Waals surface area contributed by atoms with Gasteiger partial charge in [0, 0.05) is 29.4 Å². The van der Waals surface area contributed by atoms with Gasteiger partial charge < -0.3 is 5.32 Å². The van der Waals surface area contributed by atoms with E-state index in [1.165, 1.54) is 0 Å². The third kappa shape index (κ3) is 2.73. The van der Waals surface area contributed by atoms with E-state index in [4.69, 9.17) is 0 Å². The van der Waals surface area contributed by atoms with E-state index in [1.807, 2.05) is 37.3 Å². The second kappa shape index (κ2) is 5.52. The average Bonchev–Trinajstić information content (AvgIpc) is 2.40. The Morgan fingerprint density at radius 2 is 1.95 bits per heavy atom. The minimum absolute atomic E-state index is 0.156. The Hall–Kier alpha value is -2.36. The second-order valence-corrected chi connectivity index (χ2v) is 4.33. The van der Waals surface area contributed by atoms with Crippen LogP contribution in [0.1, 0.15) is 12.5 Å². The number of anilines is 1. The number of nitrogens with zero attached hydrogens (tertiary/aromatic N) is 1. The van der Waals surface area contributed by atoms with Gasteiger partial charge in [0.25, 0.3) is 5.69 Å². The van der Waals surface area contributed by atoms with E-state index in [-0.39, 0.29) is 10.6 Å². The number of hydrogen-bond acceptors (Lipinski definition) is 3. The fraction of sp³-hybridized carbons (Fsp3) is 0.200. The first-order chi connectivity index (χ1) is 9.13. The van der Waals surface area contributed by atoms with Crippen LogP contribution in [0.2, 0.25) is 0 Å². The molecule has 0 aliphatic carbocycles. The molecule has 2 aromatic rings. The molecule has 0 saturated carbocycles. The summed E-state index contributed by atoms with van der Waals surface area (Å²) in [6.07, 6.45) is 0. The second-order valence-electron chi connectivity index (χ2n) is 4.33. The molecule has 2 aromatic carbocycles. The Morgan fingerprint density at radius 1 is 1.21 bits per heavy atom. The minimum Gasteiger partial charge on any atom is -0.385 e. The molecule has 4 heteroatoms. The molecule has 19 heavy (non-hydrogen) atoms. The van der Waals surface area contributed by atoms with Crippen molar-refractivity contribution < 1.29 is 4.92 Å². The third-order valence-electron chi connectivity index (χ3n) is 3.01. The van der Waals surface area contributed by atoms with Gasteiger partial charge in [-0.1, -0.05) is 30.3 Å². The van der Waals surface area contributed by atoms with Gasteiger partial charge in [0.05, 0.1) is 4.92 Å². The zero-order valence-electron chi connectivity index (χ0n) is 11.0. The summed E-state index contributed by atoms with van der Waals surface area (Å²) < 4.78 is 0. The predicted molar refractivity (Wildman–Crippen MR) is 77.4 cm³/mol. The van der Waals surface area contributed by atoms with Gasteiger partial charge in [-0.05, 0) is 25.5 Å². The molecule has 1 N–H and O–H groups in total. The van der Waals surface area contributed by atoms with Crippen LogP contribution < -0.4 is 5.32 Å². The average molecular weight is 256 g/mol. The maximum absolute atomic E-state index is 11.0. The van der Waals surface area contributed by atoms with Gasteiger partial charge in [0.2, 0.25) is 0 Å². The zero-order valence-corrected chi connectivity index (χ0v) is 11.0. The molecule has 0 amide bonds. The molecule has 0 spiro atoms. The van der Waals surface area contributed by atoms with Crippen LogP contribution in [0.5, 0.6) is 0 Å². The monoisotopic (exact) mass is 256 g/mol. The fourth-order valence-corrected chi connectivity index (χ4v) is 2.05. The highest BCUT2D eigenvalue weighted by Gasteiger charge is 2.13. The van der Waals surface area contributed by atoms with E-state index in [2.05, 4.69) is 5.32 Å². The standard InChI is InChI=1S/C15H16N2O2/c1-3-16-14-7-5-4-6-13(14)12-9-8-11(2)15(10-12)17(18)19/h4-10,16H,3H2,1-2H3. The van der Waals surface area contributed by atoms with Crippen LogP contribution in [0.4, 0.5) is 11.4 Å². The van der Waals surface area contributed by atoms with Crippen LogP contribution in [0, 0.1) is 17.0 Å². The summed E-state index contributed by atoms with van der Waals surface area (Å²) >= 11 is 0. The van der Waals surface area contributed by atoms with Crippen LogP contribution >= 0.6 is 0 Å². The maximum atomic E-state index is 11.0. The summed E-state index contributed by atoms with van der Waals surface area (Å²) in [7, 11) is 0. The van der Waals surface area contributed by atoms with Gasteiger partial charge in [-0.2, -0.15) is 0 Å². The van der Waals surface area contributed by atoms with Gasteiger partial charge in [0.15, 0.2) is 0 Å². The highest BCUT2D eigenvalue weighted by Crippen LogP contribution is 2.31. The number of hydrogen-bond donors (Lipinski definition) is 1. The van der Waals surface area contributed by atoms with Crippen LogP contribution in [-0.2, 0) is 0 Å². The first-order valence-electron chi connectivity index (χ1n) is 6.21. The van der Waals surface area contributed by atoms with Crippen molar-refractivity contribution in [1.29, 1.82) is 0 Å². The van der Waals surface area contributed by atoms with Crippen molar-refractivity contribution in [2.75, 3.05) is 11.9 Å². The lowest BCUT2D eigenvalue weighted by Crippen LogP contribution is -1.99. The number of aryl methyl sites for hydroxylation is 1. The van der Waals surface area contributed by atoms with E-state index in [0.717, 1.165) is 23.4 Å². The van der Waals surface area contributed by atoms with Crippen LogP contribution in [-0.4, -0.2) is 11.5 Å². The quantitative estimate of drug-likeness (QED) is 0.664. The summed E-state index contributed by atoms with van der Waals surface area (Å²) in [4.78, 5) is 10.7. The zero-order chi connectivity index (χ0) is 13.8. The van der Waals surface area contributed by atoms with Gasteiger partial charge in [-0.25, -0.2) is 0 Å². The van der Waals surface area contributed by atoms with E-state index >= 15 is 0 Å². The molecule has 0 bridgehead atoms. The van der Waals surface area contributed by atoms with Crippen LogP contribution in [0.15, 0.2) is 42.5 Å². The lowest BCUT2D eigenvalue weighted by atomic mass is 10.0. The van der Waals surface area contributed by atoms with Crippen LogP contribution in [0.25, 0.3) is 11.1 Å². The number of benzene rings is 2. The minimum atomic E-state index is -0.339. The fourth-order valence-electron chi connectivity index (χ4n) is 2.05. The van der Waals surface area contributed by atoms with E-state index in [9.17, 15) is 10.1 Å². The molecular weight excluding hydrogens is 240 g/mol. The predicted octanol–water partition coefficient (Wildman–Crippen LogP) is 4.00. The number of nitro benzene ring substituents is 1. The topological polar surface area (TPSA) is 55.2 Å². The van der Waals surface area contributed by atoms with Gasteiger partial charge in [-0.3, -0.25) is 10.1 Å². The number of para-hydroxylation sites is 1. The maximum Gasteiger partial charge on any atom is 0.272 e. The third-order valence-corrected chi connectivity index (χ3v) is 3.01. The molecule has 0 fully saturated rings. The summed E-state index contributed by atoms with van der Waals surface area (Å²) in [5, 5.41) is 14.3. The Morgan fingerprint density at radius 3 is 2.63 bits per heavy atom. The normalized spacial score (nSPS) is 10.2. The van der Waals surface area contributed by atoms with Gasteiger partial charge in [0.1, 0.15) is 0 Å². The number of nitrogens with one attached hydrogen (secondary N) is 1. The van der Waals surface area contributed by atoms with Gasteiger partial charge in [-0.15, -0.1) is 0 Å². The van der Waals surface area contributed by atoms with Gasteiger partial charge >= 0.3 is 0 Å². The largest absolute Gasteiger partial charge is 0.385 e. The smallest absolute Gasteiger partial charge is 0.272 e. The Labute approximate surface area is 112 Å². The molecular formula is C15H16N2O2. The summed E-state index contributed by atoms with van der Waals surface area (Å²) in [6.45, 7) is 4.58. The van der Waals surface area contributed by atoms with Crippen molar-refractivity contribution in [3.05, 3.63) is 58.1 Å². The molecule has 0 heterocycles. The molecule has 4 nitrogen and oxygen atoms in total. The molecule has 0 radical (unpaired) electrons. The molecule has 2 rings (SSSR count). The van der Waals surface area contributed by atoms with Crippen molar-refractivity contribution in [3.8, 4) is 11.1 Å². The lowest BCUT2D eigenvalue weighted by Gasteiger charge is -2.11. The summed E-state index contributed by atoms with van der Waals surface area (Å²) in [6, 6.07) is 13.2. The van der Waals surface area contributed by atoms with Crippen molar-refractivity contribution in [3.63, 3.8) is 0 Å². The Kier molecular flexibility index (Phi) is 3.80. The highest BCUT2D eigenvalue weighted by molar-refractivity contribution is 5.79. The SMILES string of the molecule is CCNc1ccccc1-c1ccc(C)c([N+](=O)[O-])c1. The lowest BCUT2D eigenvalue weighted by molar-refractivity contribution is -0.385. The Bertz CT molecular complexity index is 609. The molecule has 0 aliphatic heterocycles.